The molecule has 1 aromatic heterocycles. The van der Waals surface area contributed by atoms with Crippen molar-refractivity contribution < 1.29 is 22.4 Å². The molecule has 5 nitrogen and oxygen atoms in total. The van der Waals surface area contributed by atoms with E-state index in [9.17, 15) is 22.4 Å². The number of anilines is 2. The van der Waals surface area contributed by atoms with Gasteiger partial charge in [0.25, 0.3) is 5.91 Å². The van der Waals surface area contributed by atoms with E-state index in [1.807, 2.05) is 0 Å². The Balaban J connectivity index is 1.79. The summed E-state index contributed by atoms with van der Waals surface area (Å²) >= 11 is 0. The van der Waals surface area contributed by atoms with E-state index in [1.54, 1.807) is 43.3 Å². The molecule has 2 N–H and O–H groups in total. The lowest BCUT2D eigenvalue weighted by Crippen LogP contribution is -2.19. The van der Waals surface area contributed by atoms with Crippen molar-refractivity contribution >= 4 is 17.4 Å². The number of halogens is 4. The van der Waals surface area contributed by atoms with Crippen LogP contribution in [-0.4, -0.2) is 29.9 Å². The molecule has 3 rings (SSSR count). The number of hydrogen-bond donors (Lipinski definition) is 2. The zero-order valence-corrected chi connectivity index (χ0v) is 17.5. The third-order valence-electron chi connectivity index (χ3n) is 4.58. The quantitative estimate of drug-likeness (QED) is 0.492. The van der Waals surface area contributed by atoms with Gasteiger partial charge in [0.1, 0.15) is 11.6 Å². The van der Waals surface area contributed by atoms with Crippen LogP contribution in [-0.2, 0) is 19.3 Å². The first-order valence-corrected chi connectivity index (χ1v) is 9.73. The Morgan fingerprint density at radius 1 is 1.06 bits per heavy atom. The van der Waals surface area contributed by atoms with E-state index in [1.165, 1.54) is 30.5 Å². The summed E-state index contributed by atoms with van der Waals surface area (Å²) in [6.07, 6.45) is -2.98. The van der Waals surface area contributed by atoms with Crippen molar-refractivity contribution in [2.24, 2.45) is 0 Å². The maximum absolute atomic E-state index is 13.3. The number of aromatic nitrogens is 1. The average molecular weight is 446 g/mol. The van der Waals surface area contributed by atoms with Crippen LogP contribution in [0.15, 0.2) is 60.8 Å². The van der Waals surface area contributed by atoms with Crippen LogP contribution < -0.4 is 10.6 Å². The molecule has 0 aliphatic carbocycles. The molecular formula is C23H22F4N4O. The number of benzene rings is 2. The van der Waals surface area contributed by atoms with Crippen LogP contribution in [0.3, 0.4) is 0 Å². The van der Waals surface area contributed by atoms with Crippen LogP contribution in [0.25, 0.3) is 0 Å². The normalized spacial score (nSPS) is 11.5. The SMILES string of the molecule is CN(C)Cc1cc(NC(=O)c2cccnc2NCc2ccc(F)cc2)ccc1C(F)(F)F. The molecule has 1 amide bonds. The predicted molar refractivity (Wildman–Crippen MR) is 115 cm³/mol. The van der Waals surface area contributed by atoms with Gasteiger partial charge < -0.3 is 15.5 Å². The highest BCUT2D eigenvalue weighted by Crippen LogP contribution is 2.34. The number of pyridine rings is 1. The van der Waals surface area contributed by atoms with Gasteiger partial charge in [-0.2, -0.15) is 13.2 Å². The van der Waals surface area contributed by atoms with Gasteiger partial charge >= 0.3 is 6.18 Å². The Morgan fingerprint density at radius 3 is 2.44 bits per heavy atom. The van der Waals surface area contributed by atoms with E-state index in [0.29, 0.717) is 12.4 Å². The molecule has 32 heavy (non-hydrogen) atoms. The summed E-state index contributed by atoms with van der Waals surface area (Å²) in [5, 5.41) is 5.67. The minimum Gasteiger partial charge on any atom is -0.365 e. The fourth-order valence-electron chi connectivity index (χ4n) is 3.14. The first-order chi connectivity index (χ1) is 15.1. The molecule has 0 atom stereocenters. The van der Waals surface area contributed by atoms with Gasteiger partial charge in [0.15, 0.2) is 0 Å². The van der Waals surface area contributed by atoms with E-state index >= 15 is 0 Å². The summed E-state index contributed by atoms with van der Waals surface area (Å²) in [7, 11) is 3.33. The molecule has 1 heterocycles. The summed E-state index contributed by atoms with van der Waals surface area (Å²) in [6, 6.07) is 12.5. The molecule has 0 unspecified atom stereocenters. The Bertz CT molecular complexity index is 1080. The van der Waals surface area contributed by atoms with Crippen LogP contribution in [0, 0.1) is 5.82 Å². The van der Waals surface area contributed by atoms with Crippen LogP contribution in [0.5, 0.6) is 0 Å². The van der Waals surface area contributed by atoms with E-state index in [-0.39, 0.29) is 29.2 Å². The highest BCUT2D eigenvalue weighted by Gasteiger charge is 2.33. The highest BCUT2D eigenvalue weighted by atomic mass is 19.4. The van der Waals surface area contributed by atoms with Crippen molar-refractivity contribution in [3.05, 3.63) is 88.9 Å². The second-order valence-electron chi connectivity index (χ2n) is 7.44. The van der Waals surface area contributed by atoms with Gasteiger partial charge in [0.05, 0.1) is 11.1 Å². The summed E-state index contributed by atoms with van der Waals surface area (Å²) in [5.41, 5.74) is 0.574. The lowest BCUT2D eigenvalue weighted by Gasteiger charge is -2.18. The number of rotatable bonds is 7. The molecule has 0 bridgehead atoms. The van der Waals surface area contributed by atoms with Gasteiger partial charge in [0.2, 0.25) is 0 Å². The zero-order chi connectivity index (χ0) is 23.3. The molecule has 0 saturated heterocycles. The largest absolute Gasteiger partial charge is 0.416 e. The molecule has 3 aromatic rings. The van der Waals surface area contributed by atoms with Gasteiger partial charge in [-0.05, 0) is 67.7 Å². The maximum Gasteiger partial charge on any atom is 0.416 e. The van der Waals surface area contributed by atoms with Crippen LogP contribution in [0.4, 0.5) is 29.1 Å². The molecule has 0 fully saturated rings. The molecule has 9 heteroatoms. The second-order valence-corrected chi connectivity index (χ2v) is 7.44. The lowest BCUT2D eigenvalue weighted by atomic mass is 10.1. The molecule has 168 valence electrons. The van der Waals surface area contributed by atoms with Crippen molar-refractivity contribution in [1.82, 2.24) is 9.88 Å². The van der Waals surface area contributed by atoms with E-state index in [4.69, 9.17) is 0 Å². The minimum atomic E-state index is -4.49. The third kappa shape index (κ3) is 6.04. The third-order valence-corrected chi connectivity index (χ3v) is 4.58. The smallest absolute Gasteiger partial charge is 0.365 e. The van der Waals surface area contributed by atoms with E-state index < -0.39 is 17.6 Å². The van der Waals surface area contributed by atoms with Crippen molar-refractivity contribution in [2.45, 2.75) is 19.3 Å². The van der Waals surface area contributed by atoms with E-state index in [0.717, 1.165) is 11.6 Å². The van der Waals surface area contributed by atoms with Gasteiger partial charge in [-0.1, -0.05) is 12.1 Å². The first kappa shape index (κ1) is 23.2. The number of carbonyl (C=O) groups excluding carboxylic acids is 1. The fourth-order valence-corrected chi connectivity index (χ4v) is 3.14. The number of hydrogen-bond acceptors (Lipinski definition) is 4. The predicted octanol–water partition coefficient (Wildman–Crippen LogP) is 5.17. The Morgan fingerprint density at radius 2 is 1.78 bits per heavy atom. The number of alkyl halides is 3. The number of carbonyl (C=O) groups is 1. The number of nitrogens with one attached hydrogen (secondary N) is 2. The molecule has 0 aliphatic rings. The summed E-state index contributed by atoms with van der Waals surface area (Å²) in [5.74, 6) is -0.568. The molecule has 2 aromatic carbocycles. The summed E-state index contributed by atoms with van der Waals surface area (Å²) in [4.78, 5) is 18.6. The minimum absolute atomic E-state index is 0.0566. The Kier molecular flexibility index (Phi) is 7.09. The molecular weight excluding hydrogens is 424 g/mol. The van der Waals surface area contributed by atoms with Gasteiger partial charge in [-0.25, -0.2) is 9.37 Å². The lowest BCUT2D eigenvalue weighted by molar-refractivity contribution is -0.138. The molecule has 0 aliphatic heterocycles. The van der Waals surface area contributed by atoms with Crippen molar-refractivity contribution in [3.8, 4) is 0 Å². The molecule has 0 saturated carbocycles. The second kappa shape index (κ2) is 9.78. The fraction of sp³-hybridized carbons (Fsp3) is 0.217. The summed E-state index contributed by atoms with van der Waals surface area (Å²) in [6.45, 7) is 0.376. The van der Waals surface area contributed by atoms with Crippen LogP contribution in [0.2, 0.25) is 0 Å². The number of amides is 1. The van der Waals surface area contributed by atoms with Gasteiger partial charge in [0, 0.05) is 25.0 Å². The number of nitrogens with zero attached hydrogens (tertiary/aromatic N) is 2. The standard InChI is InChI=1S/C23H22F4N4O/c1-31(2)14-16-12-18(9-10-20(16)23(25,26)27)30-22(32)19-4-3-11-28-21(19)29-13-15-5-7-17(24)8-6-15/h3-12H,13-14H2,1-2H3,(H,28,29)(H,30,32). The van der Waals surface area contributed by atoms with Crippen molar-refractivity contribution in [2.75, 3.05) is 24.7 Å². The highest BCUT2D eigenvalue weighted by molar-refractivity contribution is 6.07. The zero-order valence-electron chi connectivity index (χ0n) is 17.5. The Labute approximate surface area is 183 Å². The average Bonchev–Trinajstić information content (AvgIpc) is 2.72. The van der Waals surface area contributed by atoms with Crippen molar-refractivity contribution in [3.63, 3.8) is 0 Å². The van der Waals surface area contributed by atoms with E-state index in [2.05, 4.69) is 15.6 Å². The Hall–Kier alpha value is -3.46. The van der Waals surface area contributed by atoms with Crippen LogP contribution >= 0.6 is 0 Å². The molecule has 0 spiro atoms. The van der Waals surface area contributed by atoms with Gasteiger partial charge in [-0.3, -0.25) is 4.79 Å². The molecule has 0 radical (unpaired) electrons. The monoisotopic (exact) mass is 446 g/mol. The van der Waals surface area contributed by atoms with Gasteiger partial charge in [-0.15, -0.1) is 0 Å². The topological polar surface area (TPSA) is 57.3 Å². The maximum atomic E-state index is 13.3. The van der Waals surface area contributed by atoms with Crippen LogP contribution in [0.1, 0.15) is 27.0 Å². The first-order valence-electron chi connectivity index (χ1n) is 9.73. The van der Waals surface area contributed by atoms with Crippen molar-refractivity contribution in [1.29, 1.82) is 0 Å². The summed E-state index contributed by atoms with van der Waals surface area (Å²) < 4.78 is 53.0.